The van der Waals surface area contributed by atoms with Crippen molar-refractivity contribution in [2.24, 2.45) is 5.10 Å². The van der Waals surface area contributed by atoms with Gasteiger partial charge in [0.2, 0.25) is 5.82 Å². The summed E-state index contributed by atoms with van der Waals surface area (Å²) in [7, 11) is 0. The first kappa shape index (κ1) is 27.9. The Hall–Kier alpha value is -4.25. The smallest absolute Gasteiger partial charge is 0.282 e. The summed E-state index contributed by atoms with van der Waals surface area (Å²) in [5.74, 6) is 0.757. The summed E-state index contributed by atoms with van der Waals surface area (Å²) in [5.41, 5.74) is 2.10. The number of rotatable bonds is 7. The first-order valence-electron chi connectivity index (χ1n) is 12.6. The second kappa shape index (κ2) is 11.9. The normalized spacial score (nSPS) is 11.4. The number of fused-ring (bicyclic) bond motifs is 2. The zero-order valence-electron chi connectivity index (χ0n) is 21.6. The molecule has 208 valence electrons. The lowest BCUT2D eigenvalue weighted by Crippen LogP contribution is -2.20. The van der Waals surface area contributed by atoms with Gasteiger partial charge in [0, 0.05) is 16.1 Å². The quantitative estimate of drug-likeness (QED) is 0.170. The van der Waals surface area contributed by atoms with Gasteiger partial charge in [-0.05, 0) is 98.1 Å². The number of hydrogen-bond donors (Lipinski definition) is 1. The molecule has 0 unspecified atom stereocenters. The maximum Gasteiger partial charge on any atom is 0.282 e. The predicted molar refractivity (Wildman–Crippen MR) is 172 cm³/mol. The van der Waals surface area contributed by atoms with Crippen LogP contribution in [0.3, 0.4) is 0 Å². The Kier molecular flexibility index (Phi) is 7.92. The zero-order valence-corrected chi connectivity index (χ0v) is 25.5. The van der Waals surface area contributed by atoms with Crippen molar-refractivity contribution in [2.45, 2.75) is 0 Å². The lowest BCUT2D eigenvalue weighted by atomic mass is 10.2. The average molecular weight is 707 g/mol. The lowest BCUT2D eigenvalue weighted by Gasteiger charge is -2.12. The molecule has 6 rings (SSSR count). The maximum absolute atomic E-state index is 13.6. The average Bonchev–Trinajstić information content (AvgIpc) is 3.40. The molecule has 0 atom stereocenters. The lowest BCUT2D eigenvalue weighted by molar-refractivity contribution is -0.118. The highest BCUT2D eigenvalue weighted by atomic mass is 79.9. The summed E-state index contributed by atoms with van der Waals surface area (Å²) in [5, 5.41) is 9.04. The Morgan fingerprint density at radius 2 is 1.74 bits per heavy atom. The van der Waals surface area contributed by atoms with Gasteiger partial charge in [0.1, 0.15) is 11.3 Å². The molecule has 0 bridgehead atoms. The SMILES string of the molecule is O=C(COc1c(Br)cc(C=Nn2c(-c3cc4cc(Cl)ccc4o3)nc3ccccc3c2=O)cc1Br)Nc1ccccc1. The van der Waals surface area contributed by atoms with E-state index in [1.54, 1.807) is 66.7 Å². The number of nitrogens with one attached hydrogen (secondary N) is 1. The summed E-state index contributed by atoms with van der Waals surface area (Å²) in [6, 6.07) is 26.8. The van der Waals surface area contributed by atoms with E-state index in [9.17, 15) is 9.59 Å². The number of anilines is 1. The first-order chi connectivity index (χ1) is 20.4. The highest BCUT2D eigenvalue weighted by Gasteiger charge is 2.17. The Morgan fingerprint density at radius 1 is 1.00 bits per heavy atom. The van der Waals surface area contributed by atoms with Gasteiger partial charge in [-0.15, -0.1) is 0 Å². The molecule has 0 aliphatic heterocycles. The van der Waals surface area contributed by atoms with Gasteiger partial charge >= 0.3 is 0 Å². The van der Waals surface area contributed by atoms with E-state index in [0.29, 0.717) is 53.2 Å². The molecular weight excluding hydrogens is 688 g/mol. The van der Waals surface area contributed by atoms with Gasteiger partial charge in [-0.2, -0.15) is 9.78 Å². The molecule has 1 N–H and O–H groups in total. The van der Waals surface area contributed by atoms with Crippen LogP contribution in [-0.4, -0.2) is 28.4 Å². The standard InChI is InChI=1S/C31H19Br2ClN4O4/c32-23-12-18(13-24(33)29(23)41-17-28(39)36-21-6-2-1-3-7-21)16-35-38-30(37-25-9-5-4-8-22(25)31(38)40)27-15-19-14-20(34)10-11-26(19)42-27/h1-16H,17H2,(H,36,39). The zero-order chi connectivity index (χ0) is 29.2. The predicted octanol–water partition coefficient (Wildman–Crippen LogP) is 7.89. The van der Waals surface area contributed by atoms with E-state index in [2.05, 4.69) is 42.3 Å². The molecule has 0 aliphatic carbocycles. The minimum absolute atomic E-state index is 0.191. The third kappa shape index (κ3) is 5.87. The molecule has 0 saturated carbocycles. The monoisotopic (exact) mass is 704 g/mol. The van der Waals surface area contributed by atoms with Crippen molar-refractivity contribution >= 4 is 83.1 Å². The molecule has 1 amide bonds. The third-order valence-corrected chi connectivity index (χ3v) is 7.61. The molecule has 0 saturated heterocycles. The highest BCUT2D eigenvalue weighted by molar-refractivity contribution is 9.11. The number of amides is 1. The fourth-order valence-electron chi connectivity index (χ4n) is 4.29. The van der Waals surface area contributed by atoms with Crippen molar-refractivity contribution in [3.63, 3.8) is 0 Å². The highest BCUT2D eigenvalue weighted by Crippen LogP contribution is 2.35. The van der Waals surface area contributed by atoms with E-state index in [0.717, 1.165) is 5.39 Å². The van der Waals surface area contributed by atoms with E-state index in [1.165, 1.54) is 10.9 Å². The van der Waals surface area contributed by atoms with Crippen LogP contribution in [0.1, 0.15) is 5.56 Å². The fourth-order valence-corrected chi connectivity index (χ4v) is 5.92. The van der Waals surface area contributed by atoms with Crippen LogP contribution in [-0.2, 0) is 4.79 Å². The summed E-state index contributed by atoms with van der Waals surface area (Å²) in [6.45, 7) is -0.191. The molecule has 4 aromatic carbocycles. The van der Waals surface area contributed by atoms with Gasteiger partial charge in [0.25, 0.3) is 11.5 Å². The maximum atomic E-state index is 13.6. The molecule has 0 radical (unpaired) electrons. The molecule has 0 fully saturated rings. The van der Waals surface area contributed by atoms with Gasteiger partial charge in [-0.25, -0.2) is 4.98 Å². The van der Waals surface area contributed by atoms with E-state index in [4.69, 9.17) is 25.7 Å². The van der Waals surface area contributed by atoms with Crippen molar-refractivity contribution in [2.75, 3.05) is 11.9 Å². The number of aromatic nitrogens is 2. The van der Waals surface area contributed by atoms with E-state index in [1.807, 2.05) is 24.3 Å². The van der Waals surface area contributed by atoms with Crippen molar-refractivity contribution < 1.29 is 13.9 Å². The topological polar surface area (TPSA) is 98.7 Å². The van der Waals surface area contributed by atoms with Crippen LogP contribution < -0.4 is 15.6 Å². The minimum Gasteiger partial charge on any atom is -0.481 e. The molecule has 0 aliphatic rings. The molecule has 0 spiro atoms. The first-order valence-corrected chi connectivity index (χ1v) is 14.5. The molecule has 6 aromatic rings. The van der Waals surface area contributed by atoms with Crippen molar-refractivity contribution in [1.29, 1.82) is 0 Å². The Morgan fingerprint density at radius 3 is 2.52 bits per heavy atom. The van der Waals surface area contributed by atoms with Crippen molar-refractivity contribution in [1.82, 2.24) is 9.66 Å². The van der Waals surface area contributed by atoms with E-state index >= 15 is 0 Å². The Balaban J connectivity index is 1.31. The van der Waals surface area contributed by atoms with Gasteiger partial charge < -0.3 is 14.5 Å². The van der Waals surface area contributed by atoms with Crippen LogP contribution in [0.2, 0.25) is 5.02 Å². The number of carbonyl (C=O) groups excluding carboxylic acids is 1. The van der Waals surface area contributed by atoms with Crippen LogP contribution in [0.5, 0.6) is 5.75 Å². The van der Waals surface area contributed by atoms with Crippen LogP contribution in [0, 0.1) is 0 Å². The molecule has 42 heavy (non-hydrogen) atoms. The van der Waals surface area contributed by atoms with E-state index in [-0.39, 0.29) is 23.9 Å². The second-order valence-electron chi connectivity index (χ2n) is 9.12. The number of ether oxygens (including phenoxy) is 1. The van der Waals surface area contributed by atoms with Crippen LogP contribution in [0.25, 0.3) is 33.5 Å². The summed E-state index contributed by atoms with van der Waals surface area (Å²) >= 11 is 13.2. The number of furan rings is 1. The van der Waals surface area contributed by atoms with Crippen molar-refractivity contribution in [3.8, 4) is 17.3 Å². The molecule has 2 heterocycles. The van der Waals surface area contributed by atoms with Crippen LogP contribution in [0.4, 0.5) is 5.69 Å². The van der Waals surface area contributed by atoms with Crippen LogP contribution in [0.15, 0.2) is 114 Å². The van der Waals surface area contributed by atoms with Crippen molar-refractivity contribution in [3.05, 3.63) is 121 Å². The summed E-state index contributed by atoms with van der Waals surface area (Å²) in [6.07, 6.45) is 1.53. The molecule has 8 nitrogen and oxygen atoms in total. The molecule has 2 aromatic heterocycles. The number of hydrogen-bond acceptors (Lipinski definition) is 6. The summed E-state index contributed by atoms with van der Waals surface area (Å²) in [4.78, 5) is 30.6. The third-order valence-electron chi connectivity index (χ3n) is 6.20. The van der Waals surface area contributed by atoms with Gasteiger partial charge in [-0.1, -0.05) is 41.9 Å². The van der Waals surface area contributed by atoms with E-state index < -0.39 is 0 Å². The van der Waals surface area contributed by atoms with Crippen LogP contribution >= 0.6 is 43.5 Å². The molecule has 11 heteroatoms. The minimum atomic E-state index is -0.354. The number of carbonyl (C=O) groups is 1. The second-order valence-corrected chi connectivity index (χ2v) is 11.3. The number of para-hydroxylation sites is 2. The Bertz CT molecular complexity index is 2040. The van der Waals surface area contributed by atoms with Gasteiger partial charge in [-0.3, -0.25) is 9.59 Å². The van der Waals surface area contributed by atoms with Gasteiger partial charge in [0.05, 0.1) is 26.1 Å². The Labute approximate surface area is 260 Å². The number of benzene rings is 4. The number of halogens is 3. The largest absolute Gasteiger partial charge is 0.481 e. The molecular formula is C31H19Br2ClN4O4. The summed E-state index contributed by atoms with van der Waals surface area (Å²) < 4.78 is 14.2. The fraction of sp³-hybridized carbons (Fsp3) is 0.0323. The number of nitrogens with zero attached hydrogens (tertiary/aromatic N) is 3. The van der Waals surface area contributed by atoms with Gasteiger partial charge in [0.15, 0.2) is 12.4 Å².